The van der Waals surface area contributed by atoms with Crippen LogP contribution in [0, 0.1) is 5.92 Å². The fraction of sp³-hybridized carbons (Fsp3) is 0.500. The Labute approximate surface area is 117 Å². The predicted octanol–water partition coefficient (Wildman–Crippen LogP) is 3.92. The predicted molar refractivity (Wildman–Crippen MR) is 73.3 cm³/mol. The van der Waals surface area contributed by atoms with E-state index in [0.29, 0.717) is 29.0 Å². The van der Waals surface area contributed by atoms with Crippen molar-refractivity contribution in [3.63, 3.8) is 0 Å². The maximum absolute atomic E-state index is 12.2. The molecule has 1 atom stereocenters. The molecule has 2 nitrogen and oxygen atoms in total. The second-order valence-electron chi connectivity index (χ2n) is 4.57. The van der Waals surface area contributed by atoms with Gasteiger partial charge in [0.25, 0.3) is 0 Å². The van der Waals surface area contributed by atoms with Gasteiger partial charge in [-0.1, -0.05) is 35.3 Å². The number of rotatable bonds is 6. The van der Waals surface area contributed by atoms with Gasteiger partial charge in [-0.3, -0.25) is 4.79 Å². The molecule has 0 amide bonds. The number of benzene rings is 1. The zero-order chi connectivity index (χ0) is 13.1. The Bertz CT molecular complexity index is 441. The molecule has 0 N–H and O–H groups in total. The number of ether oxygens (including phenoxy) is 1. The Kier molecular flexibility index (Phi) is 4.66. The van der Waals surface area contributed by atoms with Crippen LogP contribution in [0.4, 0.5) is 0 Å². The number of ketones is 1. The average Bonchev–Trinajstić information content (AvgIpc) is 3.16. The highest BCUT2D eigenvalue weighted by Gasteiger charge is 2.36. The third kappa shape index (κ3) is 3.25. The van der Waals surface area contributed by atoms with E-state index < -0.39 is 0 Å². The van der Waals surface area contributed by atoms with E-state index in [1.165, 1.54) is 0 Å². The molecule has 0 aromatic heterocycles. The molecule has 1 aliphatic carbocycles. The van der Waals surface area contributed by atoms with Crippen LogP contribution < -0.4 is 0 Å². The highest BCUT2D eigenvalue weighted by atomic mass is 35.5. The number of Topliss-reactive ketones (excluding diaryl/α,β-unsaturated/α-hetero) is 1. The third-order valence-corrected chi connectivity index (χ3v) is 3.97. The summed E-state index contributed by atoms with van der Waals surface area (Å²) < 4.78 is 5.54. The molecule has 0 bridgehead atoms. The molecule has 0 saturated heterocycles. The van der Waals surface area contributed by atoms with Gasteiger partial charge in [-0.05, 0) is 37.3 Å². The summed E-state index contributed by atoms with van der Waals surface area (Å²) in [7, 11) is 0. The van der Waals surface area contributed by atoms with Crippen molar-refractivity contribution in [1.82, 2.24) is 0 Å². The number of carbonyl (C=O) groups is 1. The van der Waals surface area contributed by atoms with Crippen molar-refractivity contribution in [3.8, 4) is 0 Å². The zero-order valence-corrected chi connectivity index (χ0v) is 11.8. The van der Waals surface area contributed by atoms with Gasteiger partial charge in [-0.2, -0.15) is 0 Å². The first-order valence-corrected chi connectivity index (χ1v) is 6.96. The summed E-state index contributed by atoms with van der Waals surface area (Å²) in [6.45, 7) is 2.48. The van der Waals surface area contributed by atoms with Gasteiger partial charge in [-0.15, -0.1) is 0 Å². The molecule has 0 spiro atoms. The largest absolute Gasteiger partial charge is 0.370 e. The Balaban J connectivity index is 2.07. The fourth-order valence-corrected chi connectivity index (χ4v) is 2.43. The maximum Gasteiger partial charge on any atom is 0.166 e. The van der Waals surface area contributed by atoms with Crippen LogP contribution >= 0.6 is 23.2 Å². The lowest BCUT2D eigenvalue weighted by atomic mass is 10.0. The van der Waals surface area contributed by atoms with E-state index in [2.05, 4.69) is 0 Å². The van der Waals surface area contributed by atoms with Crippen LogP contribution in [0.15, 0.2) is 18.2 Å². The van der Waals surface area contributed by atoms with Gasteiger partial charge >= 0.3 is 0 Å². The molecule has 4 heteroatoms. The monoisotopic (exact) mass is 286 g/mol. The van der Waals surface area contributed by atoms with Gasteiger partial charge in [0.15, 0.2) is 5.78 Å². The second-order valence-corrected chi connectivity index (χ2v) is 5.35. The SMILES string of the molecule is CCOC(C(=O)Cc1cccc(Cl)c1Cl)C1CC1. The number of hydrogen-bond donors (Lipinski definition) is 0. The van der Waals surface area contributed by atoms with E-state index in [-0.39, 0.29) is 11.9 Å². The lowest BCUT2D eigenvalue weighted by molar-refractivity contribution is -0.130. The quantitative estimate of drug-likeness (QED) is 0.792. The maximum atomic E-state index is 12.2. The summed E-state index contributed by atoms with van der Waals surface area (Å²) in [5.74, 6) is 0.499. The van der Waals surface area contributed by atoms with Gasteiger partial charge in [0.05, 0.1) is 10.0 Å². The Morgan fingerprint density at radius 2 is 2.17 bits per heavy atom. The molecule has 1 aliphatic rings. The smallest absolute Gasteiger partial charge is 0.166 e. The van der Waals surface area contributed by atoms with Crippen LogP contribution in [-0.4, -0.2) is 18.5 Å². The van der Waals surface area contributed by atoms with E-state index in [4.69, 9.17) is 27.9 Å². The molecule has 98 valence electrons. The summed E-state index contributed by atoms with van der Waals surface area (Å²) in [5, 5.41) is 0.958. The summed E-state index contributed by atoms with van der Waals surface area (Å²) in [6, 6.07) is 5.37. The van der Waals surface area contributed by atoms with Gasteiger partial charge in [0.1, 0.15) is 6.10 Å². The van der Waals surface area contributed by atoms with Crippen molar-refractivity contribution in [2.75, 3.05) is 6.61 Å². The van der Waals surface area contributed by atoms with Crippen molar-refractivity contribution in [2.45, 2.75) is 32.3 Å². The van der Waals surface area contributed by atoms with Crippen molar-refractivity contribution in [2.24, 2.45) is 5.92 Å². The summed E-state index contributed by atoms with van der Waals surface area (Å²) in [6.07, 6.45) is 2.19. The van der Waals surface area contributed by atoms with Crippen molar-refractivity contribution >= 4 is 29.0 Å². The standard InChI is InChI=1S/C14H16Cl2O2/c1-2-18-14(9-6-7-9)12(17)8-10-4-3-5-11(15)13(10)16/h3-5,9,14H,2,6-8H2,1H3. The molecule has 1 fully saturated rings. The van der Waals surface area contributed by atoms with E-state index in [1.54, 1.807) is 6.07 Å². The average molecular weight is 287 g/mol. The molecular formula is C14H16Cl2O2. The van der Waals surface area contributed by atoms with E-state index in [0.717, 1.165) is 18.4 Å². The van der Waals surface area contributed by atoms with Crippen LogP contribution in [0.1, 0.15) is 25.3 Å². The molecular weight excluding hydrogens is 271 g/mol. The van der Waals surface area contributed by atoms with Crippen LogP contribution in [-0.2, 0) is 16.0 Å². The minimum absolute atomic E-state index is 0.100. The summed E-state index contributed by atoms with van der Waals surface area (Å²) in [5.41, 5.74) is 0.777. The Hall–Kier alpha value is -0.570. The molecule has 1 unspecified atom stereocenters. The zero-order valence-electron chi connectivity index (χ0n) is 10.3. The van der Waals surface area contributed by atoms with Crippen LogP contribution in [0.3, 0.4) is 0 Å². The molecule has 18 heavy (non-hydrogen) atoms. The van der Waals surface area contributed by atoms with Crippen molar-refractivity contribution in [1.29, 1.82) is 0 Å². The summed E-state index contributed by atoms with van der Waals surface area (Å²) in [4.78, 5) is 12.2. The first-order chi connectivity index (χ1) is 8.63. The molecule has 0 radical (unpaired) electrons. The third-order valence-electron chi connectivity index (χ3n) is 3.11. The highest BCUT2D eigenvalue weighted by Crippen LogP contribution is 2.35. The lowest BCUT2D eigenvalue weighted by Crippen LogP contribution is -2.28. The van der Waals surface area contributed by atoms with E-state index in [1.807, 2.05) is 19.1 Å². The molecule has 1 saturated carbocycles. The number of carbonyl (C=O) groups excluding carboxylic acids is 1. The Morgan fingerprint density at radius 1 is 1.44 bits per heavy atom. The minimum atomic E-state index is -0.273. The van der Waals surface area contributed by atoms with Gasteiger partial charge < -0.3 is 4.74 Å². The number of halogens is 2. The van der Waals surface area contributed by atoms with Gasteiger partial charge in [-0.25, -0.2) is 0 Å². The molecule has 2 rings (SSSR count). The van der Waals surface area contributed by atoms with E-state index >= 15 is 0 Å². The Morgan fingerprint density at radius 3 is 2.78 bits per heavy atom. The highest BCUT2D eigenvalue weighted by molar-refractivity contribution is 6.42. The normalized spacial score (nSPS) is 16.6. The first kappa shape index (κ1) is 13.9. The van der Waals surface area contributed by atoms with Crippen LogP contribution in [0.5, 0.6) is 0 Å². The van der Waals surface area contributed by atoms with Gasteiger partial charge in [0.2, 0.25) is 0 Å². The van der Waals surface area contributed by atoms with Crippen LogP contribution in [0.2, 0.25) is 10.0 Å². The molecule has 1 aromatic carbocycles. The van der Waals surface area contributed by atoms with Crippen molar-refractivity contribution < 1.29 is 9.53 Å². The topological polar surface area (TPSA) is 26.3 Å². The molecule has 0 heterocycles. The van der Waals surface area contributed by atoms with Crippen LogP contribution in [0.25, 0.3) is 0 Å². The summed E-state index contributed by atoms with van der Waals surface area (Å²) >= 11 is 12.0. The fourth-order valence-electron chi connectivity index (χ4n) is 2.04. The first-order valence-electron chi connectivity index (χ1n) is 6.20. The van der Waals surface area contributed by atoms with Gasteiger partial charge in [0, 0.05) is 13.0 Å². The second kappa shape index (κ2) is 6.05. The number of hydrogen-bond acceptors (Lipinski definition) is 2. The lowest BCUT2D eigenvalue weighted by Gasteiger charge is -2.15. The van der Waals surface area contributed by atoms with Crippen molar-refractivity contribution in [3.05, 3.63) is 33.8 Å². The molecule has 1 aromatic rings. The van der Waals surface area contributed by atoms with E-state index in [9.17, 15) is 4.79 Å². The minimum Gasteiger partial charge on any atom is -0.370 e. The molecule has 0 aliphatic heterocycles.